The molecule has 3 N–H and O–H groups in total. The molecule has 0 spiro atoms. The average molecular weight is 581 g/mol. The van der Waals surface area contributed by atoms with E-state index in [-0.39, 0.29) is 53.5 Å². The third kappa shape index (κ3) is 7.17. The highest BCUT2D eigenvalue weighted by Gasteiger charge is 2.34. The van der Waals surface area contributed by atoms with Gasteiger partial charge in [0.05, 0.1) is 29.7 Å². The topological polar surface area (TPSA) is 128 Å². The third-order valence-electron chi connectivity index (χ3n) is 7.07. The number of ether oxygens (including phenoxy) is 1. The van der Waals surface area contributed by atoms with Gasteiger partial charge < -0.3 is 25.0 Å². The summed E-state index contributed by atoms with van der Waals surface area (Å²) in [7, 11) is -2.24. The van der Waals surface area contributed by atoms with Gasteiger partial charge in [0.25, 0.3) is 15.9 Å². The SMILES string of the molecule is Cc1ccc(S(=O)(=O)Nc2ccc3c(c2)C(=O)N([C@H](C)CO)C[C@@H](C)[C@@H](CN(C)C(=O)Nc2ccccc2)O3)cc1. The Bertz CT molecular complexity index is 1480. The van der Waals surface area contributed by atoms with Crippen LogP contribution >= 0.6 is 0 Å². The number of carbonyl (C=O) groups is 2. The van der Waals surface area contributed by atoms with Crippen LogP contribution in [0.1, 0.15) is 29.8 Å². The van der Waals surface area contributed by atoms with Crippen LogP contribution in [0.4, 0.5) is 16.2 Å². The number of likely N-dealkylation sites (N-methyl/N-ethyl adjacent to an activating group) is 1. The fourth-order valence-electron chi connectivity index (χ4n) is 4.53. The van der Waals surface area contributed by atoms with Gasteiger partial charge in [-0.05, 0) is 56.3 Å². The average Bonchev–Trinajstić information content (AvgIpc) is 2.95. The molecular weight excluding hydrogens is 544 g/mol. The second-order valence-electron chi connectivity index (χ2n) is 10.4. The van der Waals surface area contributed by atoms with Gasteiger partial charge in [-0.25, -0.2) is 13.2 Å². The highest BCUT2D eigenvalue weighted by atomic mass is 32.2. The molecule has 1 aliphatic rings. The molecule has 4 rings (SSSR count). The molecule has 0 aromatic heterocycles. The number of anilines is 2. The lowest BCUT2D eigenvalue weighted by molar-refractivity contribution is 0.0371. The quantitative estimate of drug-likeness (QED) is 0.367. The van der Waals surface area contributed by atoms with Gasteiger partial charge in [-0.3, -0.25) is 9.52 Å². The lowest BCUT2D eigenvalue weighted by atomic mass is 9.99. The number of amides is 3. The molecule has 11 heteroatoms. The van der Waals surface area contributed by atoms with Crippen LogP contribution < -0.4 is 14.8 Å². The van der Waals surface area contributed by atoms with Crippen molar-refractivity contribution < 1.29 is 27.9 Å². The normalized spacial score (nSPS) is 17.9. The molecule has 0 saturated heterocycles. The lowest BCUT2D eigenvalue weighted by Gasteiger charge is -2.38. The van der Waals surface area contributed by atoms with E-state index >= 15 is 0 Å². The van der Waals surface area contributed by atoms with E-state index in [1.165, 1.54) is 29.2 Å². The van der Waals surface area contributed by atoms with Gasteiger partial charge in [0.2, 0.25) is 0 Å². The monoisotopic (exact) mass is 580 g/mol. The van der Waals surface area contributed by atoms with Crippen molar-refractivity contribution in [2.24, 2.45) is 5.92 Å². The van der Waals surface area contributed by atoms with E-state index in [1.807, 2.05) is 32.0 Å². The fourth-order valence-corrected chi connectivity index (χ4v) is 5.58. The third-order valence-corrected chi connectivity index (χ3v) is 8.47. The number of nitrogens with one attached hydrogen (secondary N) is 2. The van der Waals surface area contributed by atoms with Crippen LogP contribution in [0.5, 0.6) is 5.75 Å². The van der Waals surface area contributed by atoms with Crippen LogP contribution in [-0.2, 0) is 10.0 Å². The number of fused-ring (bicyclic) bond motifs is 1. The van der Waals surface area contributed by atoms with E-state index in [2.05, 4.69) is 10.0 Å². The van der Waals surface area contributed by atoms with Gasteiger partial charge in [0.15, 0.2) is 0 Å². The number of urea groups is 1. The summed E-state index contributed by atoms with van der Waals surface area (Å²) in [4.78, 5) is 29.7. The maximum absolute atomic E-state index is 13.7. The second-order valence-corrected chi connectivity index (χ2v) is 12.1. The summed E-state index contributed by atoms with van der Waals surface area (Å²) in [5, 5.41) is 12.8. The van der Waals surface area contributed by atoms with Crippen molar-refractivity contribution >= 4 is 33.3 Å². The van der Waals surface area contributed by atoms with Crippen LogP contribution in [0, 0.1) is 12.8 Å². The zero-order valence-electron chi connectivity index (χ0n) is 23.6. The van der Waals surface area contributed by atoms with Crippen molar-refractivity contribution in [3.05, 3.63) is 83.9 Å². The number of aryl methyl sites for hydroxylation is 1. The first-order valence-corrected chi connectivity index (χ1v) is 14.9. The molecule has 1 aliphatic heterocycles. The summed E-state index contributed by atoms with van der Waals surface area (Å²) in [6.45, 7) is 5.76. The smallest absolute Gasteiger partial charge is 0.321 e. The Morgan fingerprint density at radius 1 is 1.10 bits per heavy atom. The van der Waals surface area contributed by atoms with Crippen molar-refractivity contribution in [3.63, 3.8) is 0 Å². The molecule has 0 saturated carbocycles. The number of carbonyl (C=O) groups excluding carboxylic acids is 2. The Balaban J connectivity index is 1.62. The van der Waals surface area contributed by atoms with Crippen LogP contribution in [0.2, 0.25) is 0 Å². The van der Waals surface area contributed by atoms with Crippen molar-refractivity contribution in [2.75, 3.05) is 36.8 Å². The number of nitrogens with zero attached hydrogens (tertiary/aromatic N) is 2. The van der Waals surface area contributed by atoms with E-state index in [1.54, 1.807) is 49.2 Å². The molecule has 10 nitrogen and oxygen atoms in total. The van der Waals surface area contributed by atoms with E-state index in [0.717, 1.165) is 5.56 Å². The van der Waals surface area contributed by atoms with E-state index in [9.17, 15) is 23.1 Å². The van der Waals surface area contributed by atoms with Crippen molar-refractivity contribution in [1.82, 2.24) is 9.80 Å². The van der Waals surface area contributed by atoms with Crippen LogP contribution in [0.25, 0.3) is 0 Å². The summed E-state index contributed by atoms with van der Waals surface area (Å²) in [5.41, 5.74) is 1.94. The molecule has 0 fully saturated rings. The highest BCUT2D eigenvalue weighted by molar-refractivity contribution is 7.92. The summed E-state index contributed by atoms with van der Waals surface area (Å²) in [6.07, 6.45) is -0.503. The number of aliphatic hydroxyl groups is 1. The van der Waals surface area contributed by atoms with Crippen molar-refractivity contribution in [2.45, 2.75) is 37.8 Å². The van der Waals surface area contributed by atoms with E-state index < -0.39 is 28.1 Å². The highest BCUT2D eigenvalue weighted by Crippen LogP contribution is 2.31. The molecule has 218 valence electrons. The van der Waals surface area contributed by atoms with Gasteiger partial charge in [-0.2, -0.15) is 0 Å². The molecule has 1 heterocycles. The maximum atomic E-state index is 13.7. The van der Waals surface area contributed by atoms with Gasteiger partial charge >= 0.3 is 6.03 Å². The zero-order chi connectivity index (χ0) is 29.7. The zero-order valence-corrected chi connectivity index (χ0v) is 24.4. The fraction of sp³-hybridized carbons (Fsp3) is 0.333. The molecule has 3 aromatic rings. The Morgan fingerprint density at radius 3 is 2.44 bits per heavy atom. The Labute approximate surface area is 241 Å². The molecule has 3 amide bonds. The molecule has 0 aliphatic carbocycles. The van der Waals surface area contributed by atoms with Gasteiger partial charge in [0.1, 0.15) is 11.9 Å². The first-order chi connectivity index (χ1) is 19.5. The van der Waals surface area contributed by atoms with Gasteiger partial charge in [-0.15, -0.1) is 0 Å². The first kappa shape index (κ1) is 29.9. The number of rotatable bonds is 8. The van der Waals surface area contributed by atoms with Gasteiger partial charge in [0, 0.05) is 30.9 Å². The number of sulfonamides is 1. The van der Waals surface area contributed by atoms with Crippen LogP contribution in [0.3, 0.4) is 0 Å². The molecule has 0 unspecified atom stereocenters. The Hall–Kier alpha value is -4.09. The van der Waals surface area contributed by atoms with Gasteiger partial charge in [-0.1, -0.05) is 42.8 Å². The Morgan fingerprint density at radius 2 is 1.78 bits per heavy atom. The predicted octanol–water partition coefficient (Wildman–Crippen LogP) is 4.18. The van der Waals surface area contributed by atoms with E-state index in [4.69, 9.17) is 4.74 Å². The summed E-state index contributed by atoms with van der Waals surface area (Å²) in [5.74, 6) is -0.331. The molecule has 3 atom stereocenters. The maximum Gasteiger partial charge on any atom is 0.321 e. The molecule has 0 radical (unpaired) electrons. The minimum absolute atomic E-state index is 0.0960. The number of aliphatic hydroxyl groups excluding tert-OH is 1. The summed E-state index contributed by atoms with van der Waals surface area (Å²) < 4.78 is 34.9. The van der Waals surface area contributed by atoms with Crippen molar-refractivity contribution in [1.29, 1.82) is 0 Å². The minimum atomic E-state index is -3.90. The number of hydrogen-bond donors (Lipinski definition) is 3. The first-order valence-electron chi connectivity index (χ1n) is 13.4. The standard InChI is InChI=1S/C30H36N4O6S/c1-20-10-13-25(14-11-20)41(38,39)32-24-12-15-27-26(16-24)29(36)34(22(3)19-35)17-21(2)28(40-27)18-33(4)30(37)31-23-8-6-5-7-9-23/h5-16,21-22,28,32,35H,17-19H2,1-4H3,(H,31,37)/t21-,22-,28-/m1/s1. The summed E-state index contributed by atoms with van der Waals surface area (Å²) in [6, 6.07) is 19.3. The Kier molecular flexibility index (Phi) is 9.19. The molecule has 0 bridgehead atoms. The summed E-state index contributed by atoms with van der Waals surface area (Å²) >= 11 is 0. The van der Waals surface area contributed by atoms with E-state index in [0.29, 0.717) is 5.69 Å². The molecule has 41 heavy (non-hydrogen) atoms. The van der Waals surface area contributed by atoms with Crippen LogP contribution in [-0.4, -0.2) is 74.2 Å². The predicted molar refractivity (Wildman–Crippen MR) is 158 cm³/mol. The van der Waals surface area contributed by atoms with Crippen LogP contribution in [0.15, 0.2) is 77.7 Å². The molecular formula is C30H36N4O6S. The number of hydrogen-bond acceptors (Lipinski definition) is 6. The number of para-hydroxylation sites is 1. The number of benzene rings is 3. The minimum Gasteiger partial charge on any atom is -0.487 e. The van der Waals surface area contributed by atoms with Crippen molar-refractivity contribution in [3.8, 4) is 5.75 Å². The lowest BCUT2D eigenvalue weighted by Crippen LogP contribution is -2.50. The second kappa shape index (κ2) is 12.6. The largest absolute Gasteiger partial charge is 0.487 e. The molecule has 3 aromatic carbocycles.